The molecule has 0 bridgehead atoms. The van der Waals surface area contributed by atoms with Crippen LogP contribution in [0.2, 0.25) is 0 Å². The van der Waals surface area contributed by atoms with E-state index in [0.717, 1.165) is 25.5 Å². The Labute approximate surface area is 139 Å². The second-order valence-electron chi connectivity index (χ2n) is 6.62. The number of fused-ring (bicyclic) bond motifs is 1. The first kappa shape index (κ1) is 15.5. The van der Waals surface area contributed by atoms with Gasteiger partial charge in [-0.15, -0.1) is 0 Å². The van der Waals surface area contributed by atoms with Crippen LogP contribution >= 0.6 is 0 Å². The zero-order chi connectivity index (χ0) is 16.7. The number of ether oxygens (including phenoxy) is 1. The Morgan fingerprint density at radius 1 is 1.33 bits per heavy atom. The van der Waals surface area contributed by atoms with Crippen LogP contribution in [0.4, 0.5) is 4.39 Å². The first-order valence-electron chi connectivity index (χ1n) is 8.48. The van der Waals surface area contributed by atoms with Crippen molar-refractivity contribution in [1.29, 1.82) is 0 Å². The normalized spacial score (nSPS) is 29.9. The van der Waals surface area contributed by atoms with E-state index >= 15 is 0 Å². The van der Waals surface area contributed by atoms with Crippen LogP contribution in [0.3, 0.4) is 0 Å². The Morgan fingerprint density at radius 2 is 2.21 bits per heavy atom. The average Bonchev–Trinajstić information content (AvgIpc) is 3.18. The van der Waals surface area contributed by atoms with Crippen molar-refractivity contribution in [3.05, 3.63) is 29.8 Å². The fraction of sp³-hybridized carbons (Fsp3) is 0.588. The van der Waals surface area contributed by atoms with Gasteiger partial charge < -0.3 is 14.5 Å². The molecule has 4 heterocycles. The fourth-order valence-corrected chi connectivity index (χ4v) is 4.16. The summed E-state index contributed by atoms with van der Waals surface area (Å²) in [6.45, 7) is 1.76. The summed E-state index contributed by atoms with van der Waals surface area (Å²) in [4.78, 5) is 32.2. The zero-order valence-electron chi connectivity index (χ0n) is 13.4. The molecule has 2 amide bonds. The molecule has 3 atom stereocenters. The third-order valence-electron chi connectivity index (χ3n) is 5.27. The second-order valence-corrected chi connectivity index (χ2v) is 6.62. The maximum absolute atomic E-state index is 14.0. The number of nitrogens with zero attached hydrogens (tertiary/aromatic N) is 3. The molecule has 4 rings (SSSR count). The molecule has 1 aromatic rings. The number of amides is 2. The van der Waals surface area contributed by atoms with Crippen molar-refractivity contribution in [2.24, 2.45) is 0 Å². The highest BCUT2D eigenvalue weighted by Gasteiger charge is 2.50. The number of likely N-dealkylation sites (tertiary alicyclic amines) is 2. The third-order valence-corrected chi connectivity index (χ3v) is 5.27. The first-order chi connectivity index (χ1) is 11.7. The van der Waals surface area contributed by atoms with Crippen LogP contribution in [0, 0.1) is 5.82 Å². The van der Waals surface area contributed by atoms with Crippen LogP contribution in [0.1, 0.15) is 36.0 Å². The van der Waals surface area contributed by atoms with E-state index in [-0.39, 0.29) is 35.6 Å². The minimum absolute atomic E-state index is 0.0303. The lowest BCUT2D eigenvalue weighted by Crippen LogP contribution is -2.48. The number of aromatic nitrogens is 1. The number of rotatable bonds is 2. The fourth-order valence-electron chi connectivity index (χ4n) is 4.16. The molecule has 3 saturated heterocycles. The SMILES string of the molecule is O=C1CCCN1[C@@H]1CN(C(=O)c2ccncc2F)[C@@H]2CCCO[C@H]12. The molecule has 3 aliphatic rings. The predicted octanol–water partition coefficient (Wildman–Crippen LogP) is 1.22. The van der Waals surface area contributed by atoms with Gasteiger partial charge in [-0.25, -0.2) is 4.39 Å². The van der Waals surface area contributed by atoms with Crippen LogP contribution < -0.4 is 0 Å². The number of hydrogen-bond acceptors (Lipinski definition) is 4. The van der Waals surface area contributed by atoms with Gasteiger partial charge in [0.25, 0.3) is 5.91 Å². The molecule has 0 N–H and O–H groups in total. The average molecular weight is 333 g/mol. The molecule has 0 aromatic carbocycles. The molecule has 6 nitrogen and oxygen atoms in total. The maximum atomic E-state index is 14.0. The van der Waals surface area contributed by atoms with E-state index in [0.29, 0.717) is 26.1 Å². The summed E-state index contributed by atoms with van der Waals surface area (Å²) in [7, 11) is 0. The highest BCUT2D eigenvalue weighted by molar-refractivity contribution is 5.95. The standard InChI is InChI=1S/C17H20FN3O3/c18-12-9-19-6-5-11(12)17(23)21-10-14(20-7-1-4-15(20)22)16-13(21)3-2-8-24-16/h5-6,9,13-14,16H,1-4,7-8,10H2/t13-,14-,16+/m1/s1. The van der Waals surface area contributed by atoms with E-state index in [1.54, 1.807) is 4.90 Å². The number of halogens is 1. The summed E-state index contributed by atoms with van der Waals surface area (Å²) in [6.07, 6.45) is 5.39. The topological polar surface area (TPSA) is 62.7 Å². The van der Waals surface area contributed by atoms with Gasteiger partial charge in [0, 0.05) is 32.3 Å². The van der Waals surface area contributed by atoms with Gasteiger partial charge in [0.05, 0.1) is 29.9 Å². The molecular weight excluding hydrogens is 313 g/mol. The Kier molecular flexibility index (Phi) is 3.96. The van der Waals surface area contributed by atoms with Gasteiger partial charge in [0.2, 0.25) is 5.91 Å². The summed E-state index contributed by atoms with van der Waals surface area (Å²) in [5.74, 6) is -0.835. The quantitative estimate of drug-likeness (QED) is 0.816. The van der Waals surface area contributed by atoms with Crippen molar-refractivity contribution in [2.75, 3.05) is 19.7 Å². The van der Waals surface area contributed by atoms with Gasteiger partial charge in [0.1, 0.15) is 0 Å². The Hall–Kier alpha value is -2.02. The summed E-state index contributed by atoms with van der Waals surface area (Å²) >= 11 is 0. The van der Waals surface area contributed by atoms with Crippen molar-refractivity contribution in [2.45, 2.75) is 43.9 Å². The molecule has 3 aliphatic heterocycles. The van der Waals surface area contributed by atoms with Gasteiger partial charge in [0.15, 0.2) is 5.82 Å². The summed E-state index contributed by atoms with van der Waals surface area (Å²) < 4.78 is 19.9. The number of pyridine rings is 1. The molecule has 0 spiro atoms. The Bertz CT molecular complexity index is 668. The van der Waals surface area contributed by atoms with Gasteiger partial charge in [-0.3, -0.25) is 14.6 Å². The van der Waals surface area contributed by atoms with E-state index in [4.69, 9.17) is 4.74 Å². The van der Waals surface area contributed by atoms with Crippen LogP contribution in [0.5, 0.6) is 0 Å². The predicted molar refractivity (Wildman–Crippen MR) is 82.7 cm³/mol. The minimum Gasteiger partial charge on any atom is -0.374 e. The summed E-state index contributed by atoms with van der Waals surface area (Å²) in [5, 5.41) is 0. The molecule has 1 aromatic heterocycles. The van der Waals surface area contributed by atoms with Crippen LogP contribution in [-0.2, 0) is 9.53 Å². The zero-order valence-corrected chi connectivity index (χ0v) is 13.4. The van der Waals surface area contributed by atoms with Crippen molar-refractivity contribution < 1.29 is 18.7 Å². The lowest BCUT2D eigenvalue weighted by molar-refractivity contribution is -0.132. The number of hydrogen-bond donors (Lipinski definition) is 0. The van der Waals surface area contributed by atoms with Crippen molar-refractivity contribution in [3.63, 3.8) is 0 Å². The first-order valence-corrected chi connectivity index (χ1v) is 8.48. The summed E-state index contributed by atoms with van der Waals surface area (Å²) in [5.41, 5.74) is 0.0303. The smallest absolute Gasteiger partial charge is 0.257 e. The van der Waals surface area contributed by atoms with Gasteiger partial charge in [-0.2, -0.15) is 0 Å². The van der Waals surface area contributed by atoms with Crippen LogP contribution in [0.15, 0.2) is 18.5 Å². The van der Waals surface area contributed by atoms with Gasteiger partial charge >= 0.3 is 0 Å². The van der Waals surface area contributed by atoms with E-state index in [9.17, 15) is 14.0 Å². The molecule has 0 saturated carbocycles. The number of carbonyl (C=O) groups is 2. The molecular formula is C17H20FN3O3. The molecule has 24 heavy (non-hydrogen) atoms. The molecule has 7 heteroatoms. The summed E-state index contributed by atoms with van der Waals surface area (Å²) in [6, 6.07) is 1.18. The van der Waals surface area contributed by atoms with E-state index in [1.165, 1.54) is 12.3 Å². The monoisotopic (exact) mass is 333 g/mol. The lowest BCUT2D eigenvalue weighted by atomic mass is 10.00. The largest absolute Gasteiger partial charge is 0.374 e. The Balaban J connectivity index is 1.62. The third kappa shape index (κ3) is 2.47. The Morgan fingerprint density at radius 3 is 2.96 bits per heavy atom. The molecule has 3 fully saturated rings. The lowest BCUT2D eigenvalue weighted by Gasteiger charge is -2.34. The molecule has 0 unspecified atom stereocenters. The highest BCUT2D eigenvalue weighted by atomic mass is 19.1. The van der Waals surface area contributed by atoms with Gasteiger partial charge in [-0.05, 0) is 25.3 Å². The maximum Gasteiger partial charge on any atom is 0.257 e. The molecule has 0 radical (unpaired) electrons. The van der Waals surface area contributed by atoms with E-state index in [1.807, 2.05) is 4.90 Å². The molecule has 0 aliphatic carbocycles. The van der Waals surface area contributed by atoms with E-state index in [2.05, 4.69) is 4.98 Å². The van der Waals surface area contributed by atoms with Gasteiger partial charge in [-0.1, -0.05) is 0 Å². The van der Waals surface area contributed by atoms with Crippen LogP contribution in [0.25, 0.3) is 0 Å². The van der Waals surface area contributed by atoms with Crippen molar-refractivity contribution in [1.82, 2.24) is 14.8 Å². The minimum atomic E-state index is -0.614. The highest BCUT2D eigenvalue weighted by Crippen LogP contribution is 2.34. The van der Waals surface area contributed by atoms with Crippen LogP contribution in [-0.4, -0.2) is 64.5 Å². The number of carbonyl (C=O) groups excluding carboxylic acids is 2. The van der Waals surface area contributed by atoms with E-state index < -0.39 is 5.82 Å². The van der Waals surface area contributed by atoms with Crippen molar-refractivity contribution >= 4 is 11.8 Å². The van der Waals surface area contributed by atoms with Crippen molar-refractivity contribution in [3.8, 4) is 0 Å². The second kappa shape index (κ2) is 6.12. The molecule has 128 valence electrons.